The lowest BCUT2D eigenvalue weighted by Gasteiger charge is -2.13. The van der Waals surface area contributed by atoms with Crippen LogP contribution in [0.4, 0.5) is 0 Å². The molecular weight excluding hydrogens is 176 g/mol. The van der Waals surface area contributed by atoms with Gasteiger partial charge in [0.25, 0.3) is 0 Å². The molecule has 14 heavy (non-hydrogen) atoms. The second-order valence-corrected chi connectivity index (χ2v) is 3.26. The van der Waals surface area contributed by atoms with Crippen molar-refractivity contribution in [1.82, 2.24) is 10.3 Å². The Kier molecular flexibility index (Phi) is 2.79. The second kappa shape index (κ2) is 4.24. The molecule has 0 fully saturated rings. The van der Waals surface area contributed by atoms with Gasteiger partial charge in [0.2, 0.25) is 0 Å². The topological polar surface area (TPSA) is 34.1 Å². The lowest BCUT2D eigenvalue weighted by atomic mass is 10.1. The van der Waals surface area contributed by atoms with Crippen molar-refractivity contribution in [3.05, 3.63) is 30.1 Å². The minimum absolute atomic E-state index is 0.870. The maximum atomic E-state index is 5.16. The van der Waals surface area contributed by atoms with Gasteiger partial charge < -0.3 is 10.1 Å². The highest BCUT2D eigenvalue weighted by molar-refractivity contribution is 5.64. The van der Waals surface area contributed by atoms with E-state index < -0.39 is 0 Å². The van der Waals surface area contributed by atoms with Gasteiger partial charge in [0.1, 0.15) is 5.75 Å². The van der Waals surface area contributed by atoms with Crippen molar-refractivity contribution in [2.45, 2.75) is 6.42 Å². The second-order valence-electron chi connectivity index (χ2n) is 3.26. The van der Waals surface area contributed by atoms with Gasteiger partial charge in [-0.2, -0.15) is 0 Å². The summed E-state index contributed by atoms with van der Waals surface area (Å²) in [4.78, 5) is 4.33. The lowest BCUT2D eigenvalue weighted by Crippen LogP contribution is -2.20. The van der Waals surface area contributed by atoms with Crippen LogP contribution in [0.15, 0.2) is 24.4 Å². The number of nitrogens with zero attached hydrogens (tertiary/aromatic N) is 1. The molecule has 0 spiro atoms. The van der Waals surface area contributed by atoms with E-state index in [2.05, 4.69) is 16.4 Å². The molecule has 3 nitrogen and oxygen atoms in total. The molecule has 0 saturated carbocycles. The molecule has 0 bridgehead atoms. The van der Waals surface area contributed by atoms with E-state index in [4.69, 9.17) is 4.74 Å². The average molecular weight is 190 g/mol. The zero-order valence-electron chi connectivity index (χ0n) is 8.29. The Morgan fingerprint density at radius 3 is 3.14 bits per heavy atom. The van der Waals surface area contributed by atoms with Crippen LogP contribution in [0.3, 0.4) is 0 Å². The van der Waals surface area contributed by atoms with Crippen molar-refractivity contribution in [3.63, 3.8) is 0 Å². The Bertz CT molecular complexity index is 347. The Balaban J connectivity index is 2.26. The van der Waals surface area contributed by atoms with Crippen molar-refractivity contribution >= 4 is 5.57 Å². The molecule has 2 heterocycles. The highest BCUT2D eigenvalue weighted by Crippen LogP contribution is 2.20. The molecule has 3 heteroatoms. The first-order valence-electron chi connectivity index (χ1n) is 4.80. The Morgan fingerprint density at radius 1 is 1.50 bits per heavy atom. The number of nitrogens with one attached hydrogen (secondary N) is 1. The average Bonchev–Trinajstić information content (AvgIpc) is 2.30. The maximum absolute atomic E-state index is 5.16. The van der Waals surface area contributed by atoms with E-state index in [1.165, 1.54) is 5.57 Å². The van der Waals surface area contributed by atoms with Crippen molar-refractivity contribution in [3.8, 4) is 5.75 Å². The maximum Gasteiger partial charge on any atom is 0.122 e. The first kappa shape index (κ1) is 9.21. The molecule has 0 aliphatic carbocycles. The summed E-state index contributed by atoms with van der Waals surface area (Å²) in [7, 11) is 1.68. The van der Waals surface area contributed by atoms with Crippen molar-refractivity contribution in [2.75, 3.05) is 20.2 Å². The fourth-order valence-corrected chi connectivity index (χ4v) is 1.57. The van der Waals surface area contributed by atoms with Crippen LogP contribution in [0, 0.1) is 0 Å². The fraction of sp³-hybridized carbons (Fsp3) is 0.364. The molecule has 2 rings (SSSR count). The molecule has 1 aromatic rings. The smallest absolute Gasteiger partial charge is 0.122 e. The standard InChI is InChI=1S/C11H14N2O/c1-14-10-4-7-13-11(8-10)9-2-5-12-6-3-9/h2,4,7-8,12H,3,5-6H2,1H3. The normalized spacial score (nSPS) is 16.2. The van der Waals surface area contributed by atoms with E-state index in [-0.39, 0.29) is 0 Å². The van der Waals surface area contributed by atoms with Gasteiger partial charge in [-0.05, 0) is 24.6 Å². The van der Waals surface area contributed by atoms with Crippen LogP contribution in [0.25, 0.3) is 5.57 Å². The van der Waals surface area contributed by atoms with Crippen LogP contribution < -0.4 is 10.1 Å². The third-order valence-electron chi connectivity index (χ3n) is 2.36. The number of methoxy groups -OCH3 is 1. The first-order chi connectivity index (χ1) is 6.90. The molecule has 1 aliphatic rings. The number of pyridine rings is 1. The lowest BCUT2D eigenvalue weighted by molar-refractivity contribution is 0.414. The van der Waals surface area contributed by atoms with Gasteiger partial charge in [-0.3, -0.25) is 4.98 Å². The summed E-state index contributed by atoms with van der Waals surface area (Å²) < 4.78 is 5.16. The Hall–Kier alpha value is -1.35. The minimum atomic E-state index is 0.870. The van der Waals surface area contributed by atoms with Crippen LogP contribution in [0.5, 0.6) is 5.75 Å². The van der Waals surface area contributed by atoms with Gasteiger partial charge in [0.05, 0.1) is 12.8 Å². The summed E-state index contributed by atoms with van der Waals surface area (Å²) in [6.45, 7) is 1.97. The summed E-state index contributed by atoms with van der Waals surface area (Å²) in [5.74, 6) is 0.870. The van der Waals surface area contributed by atoms with Gasteiger partial charge in [-0.25, -0.2) is 0 Å². The zero-order chi connectivity index (χ0) is 9.80. The molecular formula is C11H14N2O. The Morgan fingerprint density at radius 2 is 2.43 bits per heavy atom. The number of aromatic nitrogens is 1. The molecule has 1 aromatic heterocycles. The summed E-state index contributed by atoms with van der Waals surface area (Å²) in [5, 5.41) is 3.28. The van der Waals surface area contributed by atoms with Crippen molar-refractivity contribution in [2.24, 2.45) is 0 Å². The van der Waals surface area contributed by atoms with E-state index in [9.17, 15) is 0 Å². The summed E-state index contributed by atoms with van der Waals surface area (Å²) in [5.41, 5.74) is 2.34. The summed E-state index contributed by atoms with van der Waals surface area (Å²) in [6.07, 6.45) is 5.02. The van der Waals surface area contributed by atoms with Gasteiger partial charge in [-0.1, -0.05) is 6.08 Å². The summed E-state index contributed by atoms with van der Waals surface area (Å²) >= 11 is 0. The van der Waals surface area contributed by atoms with Crippen LogP contribution >= 0.6 is 0 Å². The van der Waals surface area contributed by atoms with Crippen LogP contribution in [0.1, 0.15) is 12.1 Å². The monoisotopic (exact) mass is 190 g/mol. The number of hydrogen-bond acceptors (Lipinski definition) is 3. The van der Waals surface area contributed by atoms with Gasteiger partial charge in [-0.15, -0.1) is 0 Å². The molecule has 0 aromatic carbocycles. The van der Waals surface area contributed by atoms with E-state index in [1.807, 2.05) is 12.1 Å². The minimum Gasteiger partial charge on any atom is -0.497 e. The first-order valence-corrected chi connectivity index (χ1v) is 4.80. The molecule has 0 radical (unpaired) electrons. The molecule has 0 saturated heterocycles. The Labute approximate surface area is 83.8 Å². The van der Waals surface area contributed by atoms with Crippen LogP contribution in [0.2, 0.25) is 0 Å². The van der Waals surface area contributed by atoms with E-state index >= 15 is 0 Å². The SMILES string of the molecule is COc1ccnc(C2=CCNCC2)c1. The predicted molar refractivity (Wildman–Crippen MR) is 56.3 cm³/mol. The van der Waals surface area contributed by atoms with Crippen molar-refractivity contribution < 1.29 is 4.74 Å². The third-order valence-corrected chi connectivity index (χ3v) is 2.36. The van der Waals surface area contributed by atoms with E-state index in [0.717, 1.165) is 31.0 Å². The number of hydrogen-bond donors (Lipinski definition) is 1. The fourth-order valence-electron chi connectivity index (χ4n) is 1.57. The largest absolute Gasteiger partial charge is 0.497 e. The van der Waals surface area contributed by atoms with Gasteiger partial charge in [0, 0.05) is 18.8 Å². The molecule has 0 unspecified atom stereocenters. The highest BCUT2D eigenvalue weighted by atomic mass is 16.5. The number of ether oxygens (including phenoxy) is 1. The van der Waals surface area contributed by atoms with E-state index in [0.29, 0.717) is 0 Å². The van der Waals surface area contributed by atoms with Gasteiger partial charge >= 0.3 is 0 Å². The third kappa shape index (κ3) is 1.93. The molecule has 74 valence electrons. The quantitative estimate of drug-likeness (QED) is 0.766. The molecule has 0 amide bonds. The highest BCUT2D eigenvalue weighted by Gasteiger charge is 2.07. The number of rotatable bonds is 2. The molecule has 0 atom stereocenters. The van der Waals surface area contributed by atoms with E-state index in [1.54, 1.807) is 13.3 Å². The summed E-state index contributed by atoms with van der Waals surface area (Å²) in [6, 6.07) is 3.85. The van der Waals surface area contributed by atoms with Gasteiger partial charge in [0.15, 0.2) is 0 Å². The van der Waals surface area contributed by atoms with Crippen molar-refractivity contribution in [1.29, 1.82) is 0 Å². The predicted octanol–water partition coefficient (Wildman–Crippen LogP) is 1.47. The van der Waals surface area contributed by atoms with Crippen LogP contribution in [-0.2, 0) is 0 Å². The molecule has 1 N–H and O–H groups in total. The molecule has 1 aliphatic heterocycles. The zero-order valence-corrected chi connectivity index (χ0v) is 8.29. The van der Waals surface area contributed by atoms with Crippen LogP contribution in [-0.4, -0.2) is 25.2 Å².